The molecule has 2 aromatic rings. The monoisotopic (exact) mass is 197 g/mol. The molecule has 1 heterocycles. The summed E-state index contributed by atoms with van der Waals surface area (Å²) in [5.41, 5.74) is 3.50. The second-order valence-corrected chi connectivity index (χ2v) is 4.51. The lowest BCUT2D eigenvalue weighted by Gasteiger charge is -1.95. The second-order valence-electron chi connectivity index (χ2n) is 2.90. The van der Waals surface area contributed by atoms with Crippen LogP contribution in [0.25, 0.3) is 10.2 Å². The Bertz CT molecular complexity index is 433. The third-order valence-corrected chi connectivity index (χ3v) is 2.91. The van der Waals surface area contributed by atoms with Gasteiger partial charge in [-0.2, -0.15) is 0 Å². The van der Waals surface area contributed by atoms with E-state index >= 15 is 0 Å². The maximum Gasteiger partial charge on any atom is 0.184 e. The molecule has 0 aliphatic carbocycles. The molecule has 2 rings (SSSR count). The Morgan fingerprint density at radius 3 is 2.83 bits per heavy atom. The summed E-state index contributed by atoms with van der Waals surface area (Å²) in [7, 11) is 0. The van der Waals surface area contributed by atoms with Gasteiger partial charge < -0.3 is 0 Å². The van der Waals surface area contributed by atoms with Crippen molar-refractivity contribution in [2.75, 3.05) is 0 Å². The van der Waals surface area contributed by atoms with Crippen LogP contribution in [-0.4, -0.2) is 4.98 Å². The van der Waals surface area contributed by atoms with Crippen LogP contribution in [0.4, 0.5) is 0 Å². The van der Waals surface area contributed by atoms with Crippen molar-refractivity contribution in [3.05, 3.63) is 27.7 Å². The van der Waals surface area contributed by atoms with Crippen LogP contribution < -0.4 is 0 Å². The van der Waals surface area contributed by atoms with Crippen molar-refractivity contribution in [3.63, 3.8) is 0 Å². The Labute approximate surface area is 80.0 Å². The predicted octanol–water partition coefficient (Wildman–Crippen LogP) is 3.57. The van der Waals surface area contributed by atoms with E-state index < -0.39 is 0 Å². The lowest BCUT2D eigenvalue weighted by molar-refractivity contribution is 1.38. The normalized spacial score (nSPS) is 10.9. The number of nitrogens with zero attached hydrogens (tertiary/aromatic N) is 1. The van der Waals surface area contributed by atoms with Crippen LogP contribution in [0.3, 0.4) is 0 Å². The van der Waals surface area contributed by atoms with Crippen LogP contribution in [0, 0.1) is 13.8 Å². The van der Waals surface area contributed by atoms with Gasteiger partial charge >= 0.3 is 0 Å². The standard InChI is InChI=1S/C9H8ClNS/c1-5-3-6(2)8-7(4-5)12-9(10)11-8/h3-4H,1-2H3. The molecule has 1 aromatic heterocycles. The van der Waals surface area contributed by atoms with Crippen molar-refractivity contribution < 1.29 is 0 Å². The number of hydrogen-bond donors (Lipinski definition) is 0. The highest BCUT2D eigenvalue weighted by molar-refractivity contribution is 7.22. The van der Waals surface area contributed by atoms with Gasteiger partial charge in [0.1, 0.15) is 0 Å². The smallest absolute Gasteiger partial charge is 0.184 e. The third kappa shape index (κ3) is 1.21. The molecule has 0 unspecified atom stereocenters. The summed E-state index contributed by atoms with van der Waals surface area (Å²) in [6, 6.07) is 4.24. The van der Waals surface area contributed by atoms with E-state index in [1.807, 2.05) is 0 Å². The molecule has 0 aliphatic heterocycles. The first-order valence-corrected chi connectivity index (χ1v) is 4.89. The van der Waals surface area contributed by atoms with Crippen LogP contribution in [0.2, 0.25) is 4.47 Å². The fraction of sp³-hybridized carbons (Fsp3) is 0.222. The number of fused-ring (bicyclic) bond motifs is 1. The molecular weight excluding hydrogens is 190 g/mol. The first kappa shape index (κ1) is 8.02. The summed E-state index contributed by atoms with van der Waals surface area (Å²) >= 11 is 7.35. The maximum absolute atomic E-state index is 5.81. The van der Waals surface area contributed by atoms with Crippen molar-refractivity contribution in [1.29, 1.82) is 0 Å². The largest absolute Gasteiger partial charge is 0.225 e. The number of thiazole rings is 1. The van der Waals surface area contributed by atoms with Crippen LogP contribution >= 0.6 is 22.9 Å². The molecular formula is C9H8ClNS. The van der Waals surface area contributed by atoms with Crippen LogP contribution in [0.1, 0.15) is 11.1 Å². The zero-order valence-electron chi connectivity index (χ0n) is 6.89. The van der Waals surface area contributed by atoms with Gasteiger partial charge in [-0.25, -0.2) is 4.98 Å². The molecule has 0 atom stereocenters. The summed E-state index contributed by atoms with van der Waals surface area (Å²) in [6.07, 6.45) is 0. The van der Waals surface area contributed by atoms with Gasteiger partial charge in [-0.1, -0.05) is 17.7 Å². The summed E-state index contributed by atoms with van der Waals surface area (Å²) in [4.78, 5) is 4.24. The Kier molecular flexibility index (Phi) is 1.81. The van der Waals surface area contributed by atoms with Crippen molar-refractivity contribution in [1.82, 2.24) is 4.98 Å². The summed E-state index contributed by atoms with van der Waals surface area (Å²) in [5.74, 6) is 0. The molecule has 0 aliphatic rings. The number of aromatic nitrogens is 1. The zero-order valence-corrected chi connectivity index (χ0v) is 8.46. The Balaban J connectivity index is 2.88. The minimum atomic E-state index is 0.624. The number of rotatable bonds is 0. The first-order valence-electron chi connectivity index (χ1n) is 3.70. The second kappa shape index (κ2) is 2.71. The molecule has 0 saturated carbocycles. The summed E-state index contributed by atoms with van der Waals surface area (Å²) < 4.78 is 1.80. The van der Waals surface area contributed by atoms with E-state index in [1.54, 1.807) is 0 Å². The van der Waals surface area contributed by atoms with Crippen molar-refractivity contribution >= 4 is 33.2 Å². The Hall–Kier alpha value is -0.600. The minimum Gasteiger partial charge on any atom is -0.225 e. The average Bonchev–Trinajstić information content (AvgIpc) is 2.29. The van der Waals surface area contributed by atoms with Gasteiger partial charge in [0.25, 0.3) is 0 Å². The van der Waals surface area contributed by atoms with Crippen molar-refractivity contribution in [2.24, 2.45) is 0 Å². The average molecular weight is 198 g/mol. The molecule has 1 aromatic carbocycles. The van der Waals surface area contributed by atoms with E-state index in [1.165, 1.54) is 27.2 Å². The van der Waals surface area contributed by atoms with Gasteiger partial charge in [-0.3, -0.25) is 0 Å². The van der Waals surface area contributed by atoms with Crippen LogP contribution in [0.15, 0.2) is 12.1 Å². The van der Waals surface area contributed by atoms with Gasteiger partial charge in [0.15, 0.2) is 4.47 Å². The molecule has 62 valence electrons. The topological polar surface area (TPSA) is 12.9 Å². The van der Waals surface area contributed by atoms with E-state index in [0.29, 0.717) is 4.47 Å². The lowest BCUT2D eigenvalue weighted by atomic mass is 10.1. The SMILES string of the molecule is Cc1cc(C)c2nc(Cl)sc2c1. The molecule has 0 radical (unpaired) electrons. The fourth-order valence-corrected chi connectivity index (χ4v) is 2.54. The molecule has 0 N–H and O–H groups in total. The van der Waals surface area contributed by atoms with E-state index in [0.717, 1.165) is 5.52 Å². The Morgan fingerprint density at radius 2 is 2.08 bits per heavy atom. The highest BCUT2D eigenvalue weighted by Gasteiger charge is 2.04. The number of hydrogen-bond acceptors (Lipinski definition) is 2. The minimum absolute atomic E-state index is 0.624. The van der Waals surface area contributed by atoms with Gasteiger partial charge in [-0.15, -0.1) is 11.3 Å². The van der Waals surface area contributed by atoms with E-state index in [2.05, 4.69) is 31.0 Å². The predicted molar refractivity (Wildman–Crippen MR) is 54.1 cm³/mol. The molecule has 12 heavy (non-hydrogen) atoms. The third-order valence-electron chi connectivity index (χ3n) is 1.80. The van der Waals surface area contributed by atoms with Gasteiger partial charge in [0.05, 0.1) is 10.2 Å². The molecule has 0 amide bonds. The van der Waals surface area contributed by atoms with Crippen molar-refractivity contribution in [3.8, 4) is 0 Å². The molecule has 0 spiro atoms. The highest BCUT2D eigenvalue weighted by atomic mass is 35.5. The summed E-state index contributed by atoms with van der Waals surface area (Å²) in [5, 5.41) is 0. The lowest BCUT2D eigenvalue weighted by Crippen LogP contribution is -1.78. The fourth-order valence-electron chi connectivity index (χ4n) is 1.34. The molecule has 0 bridgehead atoms. The molecule has 3 heteroatoms. The van der Waals surface area contributed by atoms with Crippen LogP contribution in [0.5, 0.6) is 0 Å². The van der Waals surface area contributed by atoms with Crippen LogP contribution in [-0.2, 0) is 0 Å². The summed E-state index contributed by atoms with van der Waals surface area (Å²) in [6.45, 7) is 4.14. The van der Waals surface area contributed by atoms with E-state index in [4.69, 9.17) is 11.6 Å². The molecule has 0 fully saturated rings. The van der Waals surface area contributed by atoms with E-state index in [9.17, 15) is 0 Å². The zero-order chi connectivity index (χ0) is 8.72. The number of halogens is 1. The van der Waals surface area contributed by atoms with Crippen molar-refractivity contribution in [2.45, 2.75) is 13.8 Å². The van der Waals surface area contributed by atoms with Gasteiger partial charge in [0, 0.05) is 0 Å². The first-order chi connectivity index (χ1) is 5.66. The highest BCUT2D eigenvalue weighted by Crippen LogP contribution is 2.28. The number of benzene rings is 1. The van der Waals surface area contributed by atoms with Gasteiger partial charge in [-0.05, 0) is 31.0 Å². The number of aryl methyl sites for hydroxylation is 2. The Morgan fingerprint density at radius 1 is 1.33 bits per heavy atom. The molecule has 1 nitrogen and oxygen atoms in total. The maximum atomic E-state index is 5.81. The van der Waals surface area contributed by atoms with E-state index in [-0.39, 0.29) is 0 Å². The quantitative estimate of drug-likeness (QED) is 0.629. The molecule has 0 saturated heterocycles. The van der Waals surface area contributed by atoms with Gasteiger partial charge in [0.2, 0.25) is 0 Å².